The van der Waals surface area contributed by atoms with Gasteiger partial charge in [-0.25, -0.2) is 4.98 Å². The fourth-order valence-corrected chi connectivity index (χ4v) is 3.83. The minimum atomic E-state index is -0.281. The number of anilines is 2. The molecular formula is C22H23ClN4O. The third-order valence-electron chi connectivity index (χ3n) is 5.14. The number of imidazole rings is 1. The van der Waals surface area contributed by atoms with Gasteiger partial charge in [-0.1, -0.05) is 48.0 Å². The molecule has 0 bridgehead atoms. The highest BCUT2D eigenvalue weighted by Crippen LogP contribution is 2.27. The predicted octanol–water partition coefficient (Wildman–Crippen LogP) is 5.05. The lowest BCUT2D eigenvalue weighted by Gasteiger charge is -2.14. The second kappa shape index (κ2) is 8.07. The second-order valence-electron chi connectivity index (χ2n) is 7.06. The molecule has 0 atom stereocenters. The Morgan fingerprint density at radius 3 is 2.64 bits per heavy atom. The van der Waals surface area contributed by atoms with Crippen LogP contribution in [-0.2, 0) is 19.5 Å². The van der Waals surface area contributed by atoms with Crippen LogP contribution in [0.5, 0.6) is 0 Å². The SMILES string of the molecule is Cc1ccccc1CNc1ccccc1NC(=O)c1nc2n(c1Cl)CCCC2. The molecule has 4 rings (SSSR count). The van der Waals surface area contributed by atoms with Crippen molar-refractivity contribution >= 4 is 28.9 Å². The highest BCUT2D eigenvalue weighted by Gasteiger charge is 2.23. The number of para-hydroxylation sites is 2. The van der Waals surface area contributed by atoms with Gasteiger partial charge in [0, 0.05) is 19.5 Å². The van der Waals surface area contributed by atoms with Crippen LogP contribution in [0, 0.1) is 6.92 Å². The molecule has 1 aliphatic heterocycles. The number of aryl methyl sites for hydroxylation is 2. The quantitative estimate of drug-likeness (QED) is 0.636. The van der Waals surface area contributed by atoms with Gasteiger partial charge in [-0.2, -0.15) is 0 Å². The molecule has 2 heterocycles. The van der Waals surface area contributed by atoms with E-state index in [1.807, 2.05) is 41.0 Å². The maximum Gasteiger partial charge on any atom is 0.277 e. The molecule has 1 aliphatic rings. The summed E-state index contributed by atoms with van der Waals surface area (Å²) < 4.78 is 1.95. The smallest absolute Gasteiger partial charge is 0.277 e. The lowest BCUT2D eigenvalue weighted by Crippen LogP contribution is -2.15. The van der Waals surface area contributed by atoms with E-state index in [2.05, 4.69) is 34.7 Å². The van der Waals surface area contributed by atoms with Gasteiger partial charge in [-0.05, 0) is 43.0 Å². The minimum absolute atomic E-state index is 0.281. The average Bonchev–Trinajstić information content (AvgIpc) is 3.05. The van der Waals surface area contributed by atoms with Gasteiger partial charge in [0.15, 0.2) is 5.69 Å². The Labute approximate surface area is 169 Å². The average molecular weight is 395 g/mol. The van der Waals surface area contributed by atoms with Crippen molar-refractivity contribution in [3.63, 3.8) is 0 Å². The van der Waals surface area contributed by atoms with E-state index < -0.39 is 0 Å². The second-order valence-corrected chi connectivity index (χ2v) is 7.41. The first-order valence-corrected chi connectivity index (χ1v) is 9.95. The minimum Gasteiger partial charge on any atom is -0.379 e. The Balaban J connectivity index is 1.52. The molecule has 1 aromatic heterocycles. The third kappa shape index (κ3) is 3.76. The van der Waals surface area contributed by atoms with E-state index in [4.69, 9.17) is 11.6 Å². The van der Waals surface area contributed by atoms with Crippen molar-refractivity contribution in [1.82, 2.24) is 9.55 Å². The lowest BCUT2D eigenvalue weighted by molar-refractivity contribution is 0.102. The molecule has 2 aromatic carbocycles. The van der Waals surface area contributed by atoms with Crippen LogP contribution in [0.15, 0.2) is 48.5 Å². The summed E-state index contributed by atoms with van der Waals surface area (Å²) in [6.45, 7) is 3.59. The summed E-state index contributed by atoms with van der Waals surface area (Å²) in [6, 6.07) is 15.9. The number of carbonyl (C=O) groups is 1. The van der Waals surface area contributed by atoms with Gasteiger partial charge in [-0.15, -0.1) is 0 Å². The van der Waals surface area contributed by atoms with Crippen LogP contribution < -0.4 is 10.6 Å². The molecule has 0 unspecified atom stereocenters. The molecule has 0 saturated heterocycles. The van der Waals surface area contributed by atoms with Gasteiger partial charge >= 0.3 is 0 Å². The van der Waals surface area contributed by atoms with Crippen molar-refractivity contribution in [3.05, 3.63) is 76.3 Å². The predicted molar refractivity (Wildman–Crippen MR) is 113 cm³/mol. The zero-order valence-corrected chi connectivity index (χ0v) is 16.6. The Morgan fingerprint density at radius 1 is 1.11 bits per heavy atom. The summed E-state index contributed by atoms with van der Waals surface area (Å²) in [4.78, 5) is 17.3. The first-order chi connectivity index (χ1) is 13.6. The number of aromatic nitrogens is 2. The topological polar surface area (TPSA) is 58.9 Å². The van der Waals surface area contributed by atoms with E-state index in [1.165, 1.54) is 11.1 Å². The summed E-state index contributed by atoms with van der Waals surface area (Å²) in [5, 5.41) is 6.81. The number of amides is 1. The Bertz CT molecular complexity index is 1010. The first kappa shape index (κ1) is 18.6. The molecule has 0 radical (unpaired) electrons. The van der Waals surface area contributed by atoms with E-state index in [-0.39, 0.29) is 5.91 Å². The number of carbonyl (C=O) groups excluding carboxylic acids is 1. The zero-order chi connectivity index (χ0) is 19.5. The highest BCUT2D eigenvalue weighted by atomic mass is 35.5. The summed E-state index contributed by atoms with van der Waals surface area (Å²) in [5.41, 5.74) is 4.31. The Hall–Kier alpha value is -2.79. The standard InChI is InChI=1S/C22H23ClN4O/c1-15-8-2-3-9-16(15)14-24-17-10-4-5-11-18(17)25-22(28)20-21(23)27-13-7-6-12-19(27)26-20/h2-5,8-11,24H,6-7,12-14H2,1H3,(H,25,28). The third-order valence-corrected chi connectivity index (χ3v) is 5.52. The van der Waals surface area contributed by atoms with E-state index in [0.29, 0.717) is 23.1 Å². The molecule has 144 valence electrons. The van der Waals surface area contributed by atoms with E-state index in [0.717, 1.165) is 37.3 Å². The number of hydrogen-bond acceptors (Lipinski definition) is 3. The molecule has 5 nitrogen and oxygen atoms in total. The van der Waals surface area contributed by atoms with Crippen molar-refractivity contribution in [2.24, 2.45) is 0 Å². The van der Waals surface area contributed by atoms with Gasteiger partial charge in [0.1, 0.15) is 11.0 Å². The molecule has 1 amide bonds. The summed E-state index contributed by atoms with van der Waals surface area (Å²) in [6.07, 6.45) is 3.01. The monoisotopic (exact) mass is 394 g/mol. The van der Waals surface area contributed by atoms with Crippen LogP contribution in [0.25, 0.3) is 0 Å². The van der Waals surface area contributed by atoms with Gasteiger partial charge in [0.2, 0.25) is 0 Å². The number of hydrogen-bond donors (Lipinski definition) is 2. The fraction of sp³-hybridized carbons (Fsp3) is 0.273. The number of halogens is 1. The molecule has 3 aromatic rings. The highest BCUT2D eigenvalue weighted by molar-refractivity contribution is 6.33. The largest absolute Gasteiger partial charge is 0.379 e. The fourth-order valence-electron chi connectivity index (χ4n) is 3.52. The summed E-state index contributed by atoms with van der Waals surface area (Å²) in [7, 11) is 0. The maximum absolute atomic E-state index is 12.8. The molecule has 0 aliphatic carbocycles. The van der Waals surface area contributed by atoms with Gasteiger partial charge < -0.3 is 15.2 Å². The van der Waals surface area contributed by atoms with E-state index in [9.17, 15) is 4.79 Å². The Morgan fingerprint density at radius 2 is 1.86 bits per heavy atom. The van der Waals surface area contributed by atoms with Crippen molar-refractivity contribution in [1.29, 1.82) is 0 Å². The normalized spacial score (nSPS) is 13.1. The van der Waals surface area contributed by atoms with Crippen LogP contribution in [0.2, 0.25) is 5.15 Å². The molecule has 0 spiro atoms. The molecule has 6 heteroatoms. The van der Waals surface area contributed by atoms with Crippen molar-refractivity contribution in [2.45, 2.75) is 39.3 Å². The number of benzene rings is 2. The van der Waals surface area contributed by atoms with Gasteiger partial charge in [-0.3, -0.25) is 4.79 Å². The molecule has 28 heavy (non-hydrogen) atoms. The maximum atomic E-state index is 12.8. The van der Waals surface area contributed by atoms with Gasteiger partial charge in [0.25, 0.3) is 5.91 Å². The Kier molecular flexibility index (Phi) is 5.35. The number of fused-ring (bicyclic) bond motifs is 1. The van der Waals surface area contributed by atoms with Crippen LogP contribution in [-0.4, -0.2) is 15.5 Å². The van der Waals surface area contributed by atoms with E-state index in [1.54, 1.807) is 0 Å². The van der Waals surface area contributed by atoms with E-state index >= 15 is 0 Å². The van der Waals surface area contributed by atoms with Crippen LogP contribution in [0.1, 0.15) is 40.3 Å². The van der Waals surface area contributed by atoms with Crippen LogP contribution in [0.3, 0.4) is 0 Å². The van der Waals surface area contributed by atoms with Crippen LogP contribution in [0.4, 0.5) is 11.4 Å². The molecular weight excluding hydrogens is 372 g/mol. The van der Waals surface area contributed by atoms with Crippen molar-refractivity contribution in [3.8, 4) is 0 Å². The molecule has 2 N–H and O–H groups in total. The van der Waals surface area contributed by atoms with Crippen LogP contribution >= 0.6 is 11.6 Å². The zero-order valence-electron chi connectivity index (χ0n) is 15.8. The molecule has 0 saturated carbocycles. The molecule has 0 fully saturated rings. The van der Waals surface area contributed by atoms with Crippen molar-refractivity contribution < 1.29 is 4.79 Å². The first-order valence-electron chi connectivity index (χ1n) is 9.57. The van der Waals surface area contributed by atoms with Crippen molar-refractivity contribution in [2.75, 3.05) is 10.6 Å². The number of nitrogens with zero attached hydrogens (tertiary/aromatic N) is 2. The number of nitrogens with one attached hydrogen (secondary N) is 2. The number of rotatable bonds is 5. The lowest BCUT2D eigenvalue weighted by atomic mass is 10.1. The van der Waals surface area contributed by atoms with Gasteiger partial charge in [0.05, 0.1) is 11.4 Å². The summed E-state index contributed by atoms with van der Waals surface area (Å²) >= 11 is 6.43. The summed E-state index contributed by atoms with van der Waals surface area (Å²) in [5.74, 6) is 0.615.